The molecule has 0 saturated heterocycles. The van der Waals surface area contributed by atoms with Gasteiger partial charge in [0.05, 0.1) is 47.5 Å². The average molecular weight is 1450 g/mol. The summed E-state index contributed by atoms with van der Waals surface area (Å²) >= 11 is 11.6. The summed E-state index contributed by atoms with van der Waals surface area (Å²) in [4.78, 5) is 70.9. The molecule has 11 N–H and O–H groups in total. The normalized spacial score (nSPS) is 19.2. The van der Waals surface area contributed by atoms with Crippen LogP contribution in [0.4, 0.5) is 25.1 Å². The van der Waals surface area contributed by atoms with Crippen LogP contribution >= 0.6 is 79.4 Å². The highest BCUT2D eigenvalue weighted by atomic mass is 127. The van der Waals surface area contributed by atoms with Gasteiger partial charge in [0.25, 0.3) is 0 Å². The number of halogens is 7. The molecule has 3 saturated carbocycles. The van der Waals surface area contributed by atoms with Gasteiger partial charge in [0.15, 0.2) is 16.9 Å². The molecule has 6 aromatic heterocycles. The lowest BCUT2D eigenvalue weighted by molar-refractivity contribution is -0.142. The van der Waals surface area contributed by atoms with Crippen LogP contribution < -0.4 is 28.3 Å². The predicted molar refractivity (Wildman–Crippen MR) is 317 cm³/mol. The number of imidazole rings is 3. The van der Waals surface area contributed by atoms with E-state index in [2.05, 4.69) is 55.5 Å². The molecule has 3 aliphatic carbocycles. The quantitative estimate of drug-likeness (QED) is 0.0495. The minimum Gasteiger partial charge on any atom is -0.481 e. The Bertz CT molecular complexity index is 3570. The highest BCUT2D eigenvalue weighted by molar-refractivity contribution is 14.1. The summed E-state index contributed by atoms with van der Waals surface area (Å²) in [5.74, 6) is -2.30. The molecule has 6 atom stereocenters. The van der Waals surface area contributed by atoms with E-state index in [-0.39, 0.29) is 70.7 Å². The fraction of sp³-hybridized carbons (Fsp3) is 0.294. The number of hydrogen-bond acceptors (Lipinski definition) is 16. The van der Waals surface area contributed by atoms with Gasteiger partial charge in [-0.25, -0.2) is 43.1 Å². The highest BCUT2D eigenvalue weighted by Gasteiger charge is 2.31. The number of nitrogens with zero attached hydrogens (tertiary/aromatic N) is 12. The third-order valence-electron chi connectivity index (χ3n) is 13.5. The zero-order valence-electron chi connectivity index (χ0n) is 42.0. The zero-order chi connectivity index (χ0) is 56.1. The molecular formula is C51H50ClF3I3N17O5. The van der Waals surface area contributed by atoms with Gasteiger partial charge < -0.3 is 38.5 Å². The maximum Gasteiger partial charge on any atom is 0.306 e. The number of fused-ring (bicyclic) bond motifs is 3. The van der Waals surface area contributed by atoms with E-state index in [1.807, 2.05) is 73.8 Å². The number of aromatic nitrogens is 12. The fourth-order valence-corrected chi connectivity index (χ4v) is 10.5. The molecule has 0 bridgehead atoms. The Morgan fingerprint density at radius 3 is 1.27 bits per heavy atom. The number of benzene rings is 3. The van der Waals surface area contributed by atoms with Crippen LogP contribution in [0, 0.1) is 45.9 Å². The van der Waals surface area contributed by atoms with Gasteiger partial charge >= 0.3 is 11.9 Å². The Labute approximate surface area is 499 Å². The van der Waals surface area contributed by atoms with E-state index >= 15 is 0 Å². The summed E-state index contributed by atoms with van der Waals surface area (Å²) in [6, 6.07) is 15.1. The molecule has 6 heterocycles. The number of carbonyl (C=O) groups is 3. The second-order valence-electron chi connectivity index (χ2n) is 18.8. The molecule has 0 radical (unpaired) electrons. The zero-order valence-corrected chi connectivity index (χ0v) is 49.2. The van der Waals surface area contributed by atoms with Crippen molar-refractivity contribution in [2.75, 3.05) is 10.6 Å². The maximum atomic E-state index is 13.9. The second-order valence-corrected chi connectivity index (χ2v) is 22.7. The third-order valence-corrected chi connectivity index (χ3v) is 16.3. The number of aliphatic carboxylic acids is 2. The summed E-state index contributed by atoms with van der Waals surface area (Å²) in [6.07, 6.45) is 16.1. The van der Waals surface area contributed by atoms with Crippen molar-refractivity contribution in [2.45, 2.75) is 75.9 Å². The van der Waals surface area contributed by atoms with Crippen LogP contribution in [0.5, 0.6) is 0 Å². The summed E-state index contributed by atoms with van der Waals surface area (Å²) in [5, 5.41) is 24.2. The SMILES string of the molecule is Fc1cc(-n2cnc3cnc(Cl)nc32)ccc1I.N.NC(=O)[C@@H]1CC[C@@H](Nc2ncc3ncn(-c4ccc(I)c(F)c4)c3n2)C1.N[C@@H]1CC[C@@H](C(=O)O)C1.O=C(O)[C@@H]1CC[C@@H](Nc2ncc3ncn(-c4ccc(I)c(F)c4)c3n2)C1. The number of carbonyl (C=O) groups excluding carboxylic acids is 1. The number of hydrogen-bond donors (Lipinski definition) is 7. The second kappa shape index (κ2) is 26.4. The molecule has 3 aromatic carbocycles. The molecule has 0 aliphatic heterocycles. The van der Waals surface area contributed by atoms with E-state index in [4.69, 9.17) is 33.3 Å². The molecule has 3 aliphatic rings. The topological polar surface area (TPSA) is 334 Å². The molecule has 3 fully saturated rings. The van der Waals surface area contributed by atoms with Crippen LogP contribution in [0.1, 0.15) is 57.8 Å². The van der Waals surface area contributed by atoms with Crippen LogP contribution in [-0.4, -0.2) is 105 Å². The maximum absolute atomic E-state index is 13.9. The first kappa shape index (κ1) is 59.6. The number of rotatable bonds is 10. The molecule has 418 valence electrons. The number of carboxylic acids is 2. The summed E-state index contributed by atoms with van der Waals surface area (Å²) in [5.41, 5.74) is 16.3. The van der Waals surface area contributed by atoms with Crippen LogP contribution in [0.15, 0.2) is 92.2 Å². The van der Waals surface area contributed by atoms with Gasteiger partial charge in [-0.15, -0.1) is 0 Å². The molecule has 29 heteroatoms. The summed E-state index contributed by atoms with van der Waals surface area (Å²) in [7, 11) is 0. The molecule has 12 rings (SSSR count). The Balaban J connectivity index is 0.000000147. The van der Waals surface area contributed by atoms with Gasteiger partial charge in [0.1, 0.15) is 53.0 Å². The first-order valence-electron chi connectivity index (χ1n) is 24.5. The van der Waals surface area contributed by atoms with Crippen molar-refractivity contribution in [1.82, 2.24) is 64.7 Å². The van der Waals surface area contributed by atoms with Gasteiger partial charge in [-0.2, -0.15) is 15.0 Å². The average Bonchev–Trinajstić information content (AvgIpc) is 4.36. The number of nitrogens with one attached hydrogen (secondary N) is 2. The van der Waals surface area contributed by atoms with Crippen molar-refractivity contribution in [1.29, 1.82) is 0 Å². The summed E-state index contributed by atoms with van der Waals surface area (Å²) in [6.45, 7) is 0. The molecule has 1 amide bonds. The molecule has 9 aromatic rings. The third kappa shape index (κ3) is 14.3. The van der Waals surface area contributed by atoms with Gasteiger partial charge in [0, 0.05) is 34.8 Å². The van der Waals surface area contributed by atoms with E-state index in [0.29, 0.717) is 98.8 Å². The van der Waals surface area contributed by atoms with Gasteiger partial charge in [-0.05, 0) is 192 Å². The van der Waals surface area contributed by atoms with Gasteiger partial charge in [0.2, 0.25) is 23.1 Å². The fourth-order valence-electron chi connectivity index (χ4n) is 9.33. The van der Waals surface area contributed by atoms with Crippen LogP contribution in [0.2, 0.25) is 5.28 Å². The first-order valence-corrected chi connectivity index (χ1v) is 28.1. The van der Waals surface area contributed by atoms with Crippen molar-refractivity contribution in [3.05, 3.63) is 126 Å². The minimum atomic E-state index is -0.760. The Hall–Kier alpha value is -6.49. The number of primary amides is 1. The number of amides is 1. The monoisotopic (exact) mass is 1450 g/mol. The largest absolute Gasteiger partial charge is 0.481 e. The molecule has 80 heavy (non-hydrogen) atoms. The first-order chi connectivity index (χ1) is 37.9. The van der Waals surface area contributed by atoms with Crippen molar-refractivity contribution in [2.24, 2.45) is 29.2 Å². The van der Waals surface area contributed by atoms with Crippen molar-refractivity contribution in [3.63, 3.8) is 0 Å². The van der Waals surface area contributed by atoms with Crippen LogP contribution in [0.3, 0.4) is 0 Å². The van der Waals surface area contributed by atoms with E-state index in [1.54, 1.807) is 75.4 Å². The molecule has 22 nitrogen and oxygen atoms in total. The van der Waals surface area contributed by atoms with Crippen LogP contribution in [0.25, 0.3) is 50.6 Å². The van der Waals surface area contributed by atoms with Crippen molar-refractivity contribution < 1.29 is 37.8 Å². The van der Waals surface area contributed by atoms with Crippen molar-refractivity contribution in [3.8, 4) is 17.1 Å². The minimum absolute atomic E-state index is 0. The lowest BCUT2D eigenvalue weighted by Crippen LogP contribution is -2.23. The van der Waals surface area contributed by atoms with E-state index < -0.39 is 11.9 Å². The number of nitrogens with two attached hydrogens (primary N) is 2. The molecular weight excluding hydrogens is 1400 g/mol. The molecule has 0 spiro atoms. The Morgan fingerprint density at radius 2 is 0.925 bits per heavy atom. The Kier molecular flexibility index (Phi) is 19.7. The number of carboxylic acid groups (broad SMARTS) is 2. The highest BCUT2D eigenvalue weighted by Crippen LogP contribution is 2.30. The van der Waals surface area contributed by atoms with E-state index in [1.165, 1.54) is 24.4 Å². The van der Waals surface area contributed by atoms with Crippen molar-refractivity contribution >= 4 is 143 Å². The number of anilines is 2. The van der Waals surface area contributed by atoms with E-state index in [0.717, 1.165) is 32.1 Å². The standard InChI is InChI=1S/C17H16FIN6O.C17H15FIN5O2.C11H5ClFIN4.C6H11NO2.H3N/c18-12-6-11(3-4-13(12)19)25-8-22-14-7-21-17(24-16(14)25)23-10-2-1-9(5-10)15(20)26;18-12-6-11(3-4-13(12)19)24-8-21-14-7-20-17(23-15(14)24)22-10-2-1-9(5-10)16(25)26;12-11-15-4-9-10(17-11)18(5-16-9)6-1-2-8(14)7(13)3-6;7-5-2-1-4(3-5)6(8)9;/h3-4,6-10H,1-2,5H2,(H2,20,26)(H,21,23,24);3-4,6-10H,1-2,5H2,(H,25,26)(H,20,22,23);1-5H;4-5H,1-3,7H2,(H,8,9);1H3/t2*9-,10-;;4-,5-;/m11.1./s1. The molecule has 0 unspecified atom stereocenters. The van der Waals surface area contributed by atoms with Gasteiger partial charge in [-0.3, -0.25) is 28.1 Å². The lowest BCUT2D eigenvalue weighted by Gasteiger charge is -2.12. The van der Waals surface area contributed by atoms with Gasteiger partial charge in [-0.1, -0.05) is 0 Å². The Morgan fingerprint density at radius 1 is 0.550 bits per heavy atom. The lowest BCUT2D eigenvalue weighted by atomic mass is 10.1. The smallest absolute Gasteiger partial charge is 0.306 e. The predicted octanol–water partition coefficient (Wildman–Crippen LogP) is 9.42. The van der Waals surface area contributed by atoms with Crippen LogP contribution in [-0.2, 0) is 14.4 Å². The summed E-state index contributed by atoms with van der Waals surface area (Å²) < 4.78 is 48.1. The van der Waals surface area contributed by atoms with E-state index in [9.17, 15) is 27.6 Å².